The van der Waals surface area contributed by atoms with Gasteiger partial charge in [-0.25, -0.2) is 4.98 Å². The van der Waals surface area contributed by atoms with Crippen molar-refractivity contribution >= 4 is 29.3 Å². The van der Waals surface area contributed by atoms with E-state index in [-0.39, 0.29) is 5.91 Å². The highest BCUT2D eigenvalue weighted by Gasteiger charge is 2.24. The molecule has 0 spiro atoms. The second-order valence-corrected chi connectivity index (χ2v) is 5.33. The molecule has 0 radical (unpaired) electrons. The lowest BCUT2D eigenvalue weighted by atomic mass is 10.2. The first-order valence-electron chi connectivity index (χ1n) is 5.19. The second kappa shape index (κ2) is 5.06. The molecular weight excluding hydrogens is 244 g/mol. The number of thioether (sulfide) groups is 1. The van der Waals surface area contributed by atoms with Crippen LogP contribution >= 0.6 is 23.4 Å². The van der Waals surface area contributed by atoms with Crippen LogP contribution in [0.5, 0.6) is 0 Å². The van der Waals surface area contributed by atoms with Crippen molar-refractivity contribution in [3.8, 4) is 0 Å². The van der Waals surface area contributed by atoms with Crippen LogP contribution in [0.1, 0.15) is 17.3 Å². The molecule has 2 rings (SSSR count). The van der Waals surface area contributed by atoms with Gasteiger partial charge >= 0.3 is 0 Å². The molecule has 1 atom stereocenters. The van der Waals surface area contributed by atoms with Crippen LogP contribution < -0.4 is 0 Å². The van der Waals surface area contributed by atoms with Crippen molar-refractivity contribution in [2.45, 2.75) is 13.0 Å². The molecule has 0 saturated carbocycles. The minimum Gasteiger partial charge on any atom is -0.334 e. The van der Waals surface area contributed by atoms with Gasteiger partial charge in [0.1, 0.15) is 5.15 Å². The number of carbonyl (C=O) groups excluding carboxylic acids is 1. The molecule has 1 saturated heterocycles. The smallest absolute Gasteiger partial charge is 0.255 e. The van der Waals surface area contributed by atoms with E-state index in [1.165, 1.54) is 0 Å². The number of halogens is 1. The fraction of sp³-hybridized carbons (Fsp3) is 0.455. The molecule has 0 aliphatic carbocycles. The molecule has 0 N–H and O–H groups in total. The molecule has 1 aliphatic rings. The predicted octanol–water partition coefficient (Wildman–Crippen LogP) is 2.31. The number of hydrogen-bond donors (Lipinski definition) is 0. The van der Waals surface area contributed by atoms with Crippen molar-refractivity contribution in [3.63, 3.8) is 0 Å². The molecule has 16 heavy (non-hydrogen) atoms. The van der Waals surface area contributed by atoms with Gasteiger partial charge in [-0.2, -0.15) is 11.8 Å². The van der Waals surface area contributed by atoms with Gasteiger partial charge in [0.05, 0.1) is 5.56 Å². The standard InChI is InChI=1S/C11H13ClN2OS/c1-8-7-16-5-4-14(8)11(15)9-2-3-10(12)13-6-9/h2-3,6,8H,4-5,7H2,1H3. The third-order valence-corrected chi connectivity index (χ3v) is 4.02. The van der Waals surface area contributed by atoms with E-state index in [1.54, 1.807) is 18.3 Å². The summed E-state index contributed by atoms with van der Waals surface area (Å²) in [6, 6.07) is 3.67. The Labute approximate surface area is 104 Å². The number of pyridine rings is 1. The Hall–Kier alpha value is -0.740. The van der Waals surface area contributed by atoms with Crippen LogP contribution in [-0.4, -0.2) is 39.9 Å². The van der Waals surface area contributed by atoms with E-state index in [0.29, 0.717) is 16.8 Å². The lowest BCUT2D eigenvalue weighted by Gasteiger charge is -2.33. The molecular formula is C11H13ClN2OS. The number of carbonyl (C=O) groups is 1. The summed E-state index contributed by atoms with van der Waals surface area (Å²) in [5.74, 6) is 2.07. The predicted molar refractivity (Wildman–Crippen MR) is 67.1 cm³/mol. The number of hydrogen-bond acceptors (Lipinski definition) is 3. The summed E-state index contributed by atoms with van der Waals surface area (Å²) in [5, 5.41) is 0.416. The van der Waals surface area contributed by atoms with Crippen molar-refractivity contribution in [2.24, 2.45) is 0 Å². The molecule has 1 aromatic heterocycles. The third-order valence-electron chi connectivity index (χ3n) is 2.60. The highest BCUT2D eigenvalue weighted by molar-refractivity contribution is 7.99. The topological polar surface area (TPSA) is 33.2 Å². The van der Waals surface area contributed by atoms with Gasteiger partial charge in [-0.15, -0.1) is 0 Å². The minimum absolute atomic E-state index is 0.0527. The minimum atomic E-state index is 0.0527. The van der Waals surface area contributed by atoms with Crippen LogP contribution in [0.2, 0.25) is 5.15 Å². The lowest BCUT2D eigenvalue weighted by molar-refractivity contribution is 0.0715. The van der Waals surface area contributed by atoms with E-state index in [1.807, 2.05) is 16.7 Å². The number of nitrogens with zero attached hydrogens (tertiary/aromatic N) is 2. The Bertz CT molecular complexity index is 382. The zero-order valence-corrected chi connectivity index (χ0v) is 10.6. The van der Waals surface area contributed by atoms with Gasteiger partial charge in [0, 0.05) is 30.3 Å². The number of aromatic nitrogens is 1. The van der Waals surface area contributed by atoms with E-state index < -0.39 is 0 Å². The van der Waals surface area contributed by atoms with E-state index in [9.17, 15) is 4.79 Å². The van der Waals surface area contributed by atoms with Gasteiger partial charge in [-0.05, 0) is 19.1 Å². The van der Waals surface area contributed by atoms with E-state index >= 15 is 0 Å². The summed E-state index contributed by atoms with van der Waals surface area (Å²) in [7, 11) is 0. The Kier molecular flexibility index (Phi) is 3.71. The van der Waals surface area contributed by atoms with Gasteiger partial charge in [0.15, 0.2) is 0 Å². The summed E-state index contributed by atoms with van der Waals surface area (Å²) < 4.78 is 0. The van der Waals surface area contributed by atoms with Crippen LogP contribution in [0.15, 0.2) is 18.3 Å². The molecule has 86 valence electrons. The molecule has 1 fully saturated rings. The van der Waals surface area contributed by atoms with Gasteiger partial charge in [-0.1, -0.05) is 11.6 Å². The SMILES string of the molecule is CC1CSCCN1C(=O)c1ccc(Cl)nc1. The maximum Gasteiger partial charge on any atom is 0.255 e. The summed E-state index contributed by atoms with van der Waals surface area (Å²) in [6.45, 7) is 2.89. The third kappa shape index (κ3) is 2.50. The highest BCUT2D eigenvalue weighted by atomic mass is 35.5. The Balaban J connectivity index is 2.14. The fourth-order valence-electron chi connectivity index (χ4n) is 1.70. The maximum absolute atomic E-state index is 12.2. The molecule has 2 heterocycles. The van der Waals surface area contributed by atoms with Gasteiger partial charge < -0.3 is 4.90 Å². The zero-order chi connectivity index (χ0) is 11.5. The van der Waals surface area contributed by atoms with Crippen LogP contribution in [0.25, 0.3) is 0 Å². The molecule has 0 aromatic carbocycles. The van der Waals surface area contributed by atoms with Crippen LogP contribution in [0, 0.1) is 0 Å². The van der Waals surface area contributed by atoms with Gasteiger partial charge in [-0.3, -0.25) is 4.79 Å². The molecule has 5 heteroatoms. The average Bonchev–Trinajstić information content (AvgIpc) is 2.30. The molecule has 1 aromatic rings. The average molecular weight is 257 g/mol. The van der Waals surface area contributed by atoms with E-state index in [0.717, 1.165) is 18.1 Å². The highest BCUT2D eigenvalue weighted by Crippen LogP contribution is 2.18. The quantitative estimate of drug-likeness (QED) is 0.723. The van der Waals surface area contributed by atoms with Crippen molar-refractivity contribution in [1.29, 1.82) is 0 Å². The Morgan fingerprint density at radius 2 is 2.44 bits per heavy atom. The first-order valence-corrected chi connectivity index (χ1v) is 6.72. The monoisotopic (exact) mass is 256 g/mol. The molecule has 1 amide bonds. The summed E-state index contributed by atoms with van der Waals surface area (Å²) >= 11 is 7.58. The van der Waals surface area contributed by atoms with Crippen LogP contribution in [0.3, 0.4) is 0 Å². The van der Waals surface area contributed by atoms with Crippen LogP contribution in [0.4, 0.5) is 0 Å². The summed E-state index contributed by atoms with van der Waals surface area (Å²) in [5.41, 5.74) is 0.614. The molecule has 1 aliphatic heterocycles. The maximum atomic E-state index is 12.2. The Morgan fingerprint density at radius 1 is 1.62 bits per heavy atom. The van der Waals surface area contributed by atoms with Crippen molar-refractivity contribution in [3.05, 3.63) is 29.0 Å². The van der Waals surface area contributed by atoms with E-state index in [4.69, 9.17) is 11.6 Å². The van der Waals surface area contributed by atoms with Crippen LogP contribution in [-0.2, 0) is 0 Å². The largest absolute Gasteiger partial charge is 0.334 e. The molecule has 0 bridgehead atoms. The number of rotatable bonds is 1. The number of amides is 1. The van der Waals surface area contributed by atoms with Crippen molar-refractivity contribution < 1.29 is 4.79 Å². The normalized spacial score (nSPS) is 20.9. The van der Waals surface area contributed by atoms with Gasteiger partial charge in [0.25, 0.3) is 5.91 Å². The van der Waals surface area contributed by atoms with E-state index in [2.05, 4.69) is 11.9 Å². The summed E-state index contributed by atoms with van der Waals surface area (Å²) in [4.78, 5) is 18.0. The lowest BCUT2D eigenvalue weighted by Crippen LogP contribution is -2.44. The first-order chi connectivity index (χ1) is 7.68. The molecule has 3 nitrogen and oxygen atoms in total. The molecule has 1 unspecified atom stereocenters. The Morgan fingerprint density at radius 3 is 3.06 bits per heavy atom. The van der Waals surface area contributed by atoms with Crippen molar-refractivity contribution in [2.75, 3.05) is 18.1 Å². The summed E-state index contributed by atoms with van der Waals surface area (Å²) in [6.07, 6.45) is 1.54. The first kappa shape index (κ1) is 11.7. The fourth-order valence-corrected chi connectivity index (χ4v) is 2.82. The van der Waals surface area contributed by atoms with Gasteiger partial charge in [0.2, 0.25) is 0 Å². The zero-order valence-electron chi connectivity index (χ0n) is 9.02. The van der Waals surface area contributed by atoms with Crippen molar-refractivity contribution in [1.82, 2.24) is 9.88 Å². The second-order valence-electron chi connectivity index (χ2n) is 3.79.